The predicted octanol–water partition coefficient (Wildman–Crippen LogP) is -5.05. The lowest BCUT2D eigenvalue weighted by atomic mass is 9.99. The summed E-state index contributed by atoms with van der Waals surface area (Å²) in [5, 5.41) is 49.8. The van der Waals surface area contributed by atoms with Crippen LogP contribution in [0, 0.1) is 17.8 Å². The van der Waals surface area contributed by atoms with Gasteiger partial charge in [0.25, 0.3) is 0 Å². The van der Waals surface area contributed by atoms with Crippen LogP contribution in [0.15, 0.2) is 0 Å². The molecule has 0 aromatic heterocycles. The van der Waals surface area contributed by atoms with E-state index in [1.807, 2.05) is 0 Å². The molecule has 0 aromatic rings. The first kappa shape index (κ1) is 74.9. The van der Waals surface area contributed by atoms with Crippen molar-refractivity contribution in [3.8, 4) is 0 Å². The second-order valence-electron chi connectivity index (χ2n) is 22.3. The van der Waals surface area contributed by atoms with Crippen molar-refractivity contribution in [2.24, 2.45) is 46.4 Å². The standard InChI is InChI=1S/C54H102N16O13/c1-9-31(6)13-10-11-15-42(73)61-35(16-21-55)49(78)70-44(33(8)72)54(83)66-38(19-24-58)47(76)62-34-14-12-26-60-53(82)43(32(7)71)69-50(79)39(20-25-59)64-46(75)36(17-22-56)65-51(80)40(27-29(2)3)68-52(81)41(28-30(4)5)67-48(77)37(18-23-57)63-45(34)74/h29-41,43-44,71-72H,9-28,55-59H2,1-8H3,(H,60,82)(H,61,73)(H,62,76)(H,63,74)(H,64,75)(H,65,80)(H,66,83)(H,67,77)(H,68,81)(H,69,79)(H,70,78)/t31?,32-,33-,34+,35+,36+,37+,38+,39-,40+,41-,43+,44+/m1/s1. The van der Waals surface area contributed by atoms with E-state index in [1.165, 1.54) is 13.8 Å². The number of carbonyl (C=O) groups is 11. The van der Waals surface area contributed by atoms with E-state index in [0.717, 1.165) is 19.3 Å². The van der Waals surface area contributed by atoms with Crippen LogP contribution in [0.3, 0.4) is 0 Å². The Kier molecular flexibility index (Phi) is 36.3. The number of hydrogen-bond acceptors (Lipinski definition) is 18. The zero-order valence-corrected chi connectivity index (χ0v) is 50.1. The number of carbonyl (C=O) groups excluding carboxylic acids is 11. The molecule has 0 bridgehead atoms. The van der Waals surface area contributed by atoms with E-state index >= 15 is 0 Å². The van der Waals surface area contributed by atoms with Crippen molar-refractivity contribution in [1.82, 2.24) is 58.5 Å². The molecule has 29 nitrogen and oxygen atoms in total. The first-order valence-electron chi connectivity index (χ1n) is 29.3. The summed E-state index contributed by atoms with van der Waals surface area (Å²) in [7, 11) is 0. The third kappa shape index (κ3) is 28.4. The molecule has 83 heavy (non-hydrogen) atoms. The highest BCUT2D eigenvalue weighted by Crippen LogP contribution is 2.14. The highest BCUT2D eigenvalue weighted by molar-refractivity contribution is 5.99. The van der Waals surface area contributed by atoms with Crippen molar-refractivity contribution in [3.63, 3.8) is 0 Å². The van der Waals surface area contributed by atoms with Crippen LogP contribution >= 0.6 is 0 Å². The van der Waals surface area contributed by atoms with Gasteiger partial charge in [0.1, 0.15) is 60.4 Å². The summed E-state index contributed by atoms with van der Waals surface area (Å²) in [6, 6.07) is -14.2. The SMILES string of the molecule is CCC(C)CCCCC(=O)N[C@@H](CCN)C(=O)N[C@H](C(=O)N[C@@H](CCN)C(=O)N[C@H]1CCCNC(=O)[C@H]([C@@H](C)O)NC(=O)[C@@H](CCN)NC(=O)[C@H](CCN)NC(=O)[C@H](CC(C)C)NC(=O)[C@@H](CC(C)C)NC(=O)[C@H](CCN)NC1=O)[C@@H](C)O. The fourth-order valence-electron chi connectivity index (χ4n) is 8.94. The highest BCUT2D eigenvalue weighted by atomic mass is 16.3. The van der Waals surface area contributed by atoms with Crippen molar-refractivity contribution in [2.45, 2.75) is 218 Å². The molecule has 13 atom stereocenters. The molecule has 0 saturated carbocycles. The van der Waals surface area contributed by atoms with E-state index in [4.69, 9.17) is 28.7 Å². The van der Waals surface area contributed by atoms with Crippen LogP contribution in [-0.2, 0) is 52.7 Å². The van der Waals surface area contributed by atoms with E-state index in [9.17, 15) is 63.0 Å². The number of nitrogens with one attached hydrogen (secondary N) is 11. The Bertz CT molecular complexity index is 2080. The van der Waals surface area contributed by atoms with Crippen LogP contribution < -0.4 is 87.2 Å². The molecule has 23 N–H and O–H groups in total. The summed E-state index contributed by atoms with van der Waals surface area (Å²) in [6.45, 7) is 13.0. The topological polar surface area (TPSA) is 491 Å². The van der Waals surface area contributed by atoms with Crippen LogP contribution in [0.2, 0.25) is 0 Å². The fourth-order valence-corrected chi connectivity index (χ4v) is 8.94. The van der Waals surface area contributed by atoms with Gasteiger partial charge < -0.3 is 97.4 Å². The van der Waals surface area contributed by atoms with Gasteiger partial charge in [0.2, 0.25) is 65.0 Å². The van der Waals surface area contributed by atoms with Gasteiger partial charge in [-0.2, -0.15) is 0 Å². The van der Waals surface area contributed by atoms with Gasteiger partial charge in [-0.15, -0.1) is 0 Å². The lowest BCUT2D eigenvalue weighted by Gasteiger charge is -2.29. The van der Waals surface area contributed by atoms with Crippen molar-refractivity contribution >= 4 is 65.0 Å². The second-order valence-corrected chi connectivity index (χ2v) is 22.3. The average Bonchev–Trinajstić information content (AvgIpc) is 3.46. The molecular formula is C54H102N16O13. The average molecular weight is 1180 g/mol. The van der Waals surface area contributed by atoms with E-state index in [1.54, 1.807) is 27.7 Å². The van der Waals surface area contributed by atoms with Gasteiger partial charge in [-0.1, -0.05) is 60.8 Å². The monoisotopic (exact) mass is 1180 g/mol. The summed E-state index contributed by atoms with van der Waals surface area (Å²) in [5.41, 5.74) is 29.3. The number of aliphatic hydroxyl groups excluding tert-OH is 2. The van der Waals surface area contributed by atoms with Gasteiger partial charge in [0.15, 0.2) is 0 Å². The van der Waals surface area contributed by atoms with Crippen molar-refractivity contribution in [3.05, 3.63) is 0 Å². The smallest absolute Gasteiger partial charge is 0.245 e. The zero-order chi connectivity index (χ0) is 62.9. The van der Waals surface area contributed by atoms with Crippen LogP contribution in [-0.4, -0.2) is 187 Å². The molecule has 0 aliphatic carbocycles. The van der Waals surface area contributed by atoms with E-state index < -0.39 is 138 Å². The molecule has 0 radical (unpaired) electrons. The number of amides is 11. The maximum Gasteiger partial charge on any atom is 0.245 e. The number of aliphatic hydroxyl groups is 2. The summed E-state index contributed by atoms with van der Waals surface area (Å²) >= 11 is 0. The Morgan fingerprint density at radius 1 is 0.530 bits per heavy atom. The largest absolute Gasteiger partial charge is 0.391 e. The fraction of sp³-hybridized carbons (Fsp3) is 0.796. The van der Waals surface area contributed by atoms with Crippen LogP contribution in [0.1, 0.15) is 145 Å². The predicted molar refractivity (Wildman–Crippen MR) is 310 cm³/mol. The Labute approximate surface area is 488 Å². The van der Waals surface area contributed by atoms with Gasteiger partial charge in [-0.3, -0.25) is 52.7 Å². The number of rotatable bonds is 29. The van der Waals surface area contributed by atoms with Gasteiger partial charge in [-0.25, -0.2) is 0 Å². The Morgan fingerprint density at radius 3 is 1.41 bits per heavy atom. The van der Waals surface area contributed by atoms with Gasteiger partial charge in [0.05, 0.1) is 12.2 Å². The van der Waals surface area contributed by atoms with Crippen molar-refractivity contribution in [1.29, 1.82) is 0 Å². The van der Waals surface area contributed by atoms with Gasteiger partial charge in [0, 0.05) is 13.0 Å². The number of hydrogen-bond donors (Lipinski definition) is 18. The maximum absolute atomic E-state index is 14.4. The summed E-state index contributed by atoms with van der Waals surface area (Å²) in [4.78, 5) is 153. The molecule has 29 heteroatoms. The number of nitrogens with two attached hydrogens (primary N) is 5. The third-order valence-corrected chi connectivity index (χ3v) is 13.9. The summed E-state index contributed by atoms with van der Waals surface area (Å²) in [5.74, 6) is -9.14. The molecule has 476 valence electrons. The lowest BCUT2D eigenvalue weighted by molar-refractivity contribution is -0.137. The van der Waals surface area contributed by atoms with Crippen LogP contribution in [0.5, 0.6) is 0 Å². The molecule has 1 aliphatic rings. The Morgan fingerprint density at radius 2 is 0.976 bits per heavy atom. The number of unbranched alkanes of at least 4 members (excludes halogenated alkanes) is 1. The molecule has 0 aromatic carbocycles. The van der Waals surface area contributed by atoms with Crippen LogP contribution in [0.25, 0.3) is 0 Å². The molecule has 11 amide bonds. The molecule has 1 unspecified atom stereocenters. The molecule has 1 fully saturated rings. The van der Waals surface area contributed by atoms with Crippen molar-refractivity contribution in [2.75, 3.05) is 39.3 Å². The molecule has 0 spiro atoms. The zero-order valence-electron chi connectivity index (χ0n) is 50.1. The molecule has 1 saturated heterocycles. The maximum atomic E-state index is 14.4. The third-order valence-electron chi connectivity index (χ3n) is 13.9. The van der Waals surface area contributed by atoms with E-state index in [0.29, 0.717) is 12.3 Å². The highest BCUT2D eigenvalue weighted by Gasteiger charge is 2.37. The Balaban J connectivity index is 3.78. The minimum atomic E-state index is -1.67. The minimum Gasteiger partial charge on any atom is -0.391 e. The lowest BCUT2D eigenvalue weighted by Crippen LogP contribution is -2.62. The second kappa shape index (κ2) is 40.2. The molecular weight excluding hydrogens is 1080 g/mol. The molecule has 1 aliphatic heterocycles. The van der Waals surface area contributed by atoms with E-state index in [2.05, 4.69) is 72.3 Å². The van der Waals surface area contributed by atoms with Crippen molar-refractivity contribution < 1.29 is 63.0 Å². The summed E-state index contributed by atoms with van der Waals surface area (Å²) < 4.78 is 0. The van der Waals surface area contributed by atoms with E-state index in [-0.39, 0.29) is 115 Å². The normalized spacial score (nSPS) is 23.4. The molecule has 1 rings (SSSR count). The Hall–Kier alpha value is -6.11. The quantitative estimate of drug-likeness (QED) is 0.0312. The first-order valence-corrected chi connectivity index (χ1v) is 29.3. The minimum absolute atomic E-state index is 0.00460. The van der Waals surface area contributed by atoms with Crippen LogP contribution in [0.4, 0.5) is 0 Å². The van der Waals surface area contributed by atoms with Gasteiger partial charge in [-0.05, 0) is 129 Å². The summed E-state index contributed by atoms with van der Waals surface area (Å²) in [6.07, 6.45) is -0.468. The first-order chi connectivity index (χ1) is 39.2. The van der Waals surface area contributed by atoms with Gasteiger partial charge >= 0.3 is 0 Å². The molecule has 1 heterocycles.